The van der Waals surface area contributed by atoms with Gasteiger partial charge < -0.3 is 21.0 Å². The summed E-state index contributed by atoms with van der Waals surface area (Å²) in [6.07, 6.45) is 2.27. The summed E-state index contributed by atoms with van der Waals surface area (Å²) in [5.41, 5.74) is 14.0. The molecular formula is C16H16N4O3. The zero-order valence-electron chi connectivity index (χ0n) is 12.5. The van der Waals surface area contributed by atoms with E-state index in [9.17, 15) is 4.79 Å². The van der Waals surface area contributed by atoms with E-state index in [-0.39, 0.29) is 17.4 Å². The topological polar surface area (TPSA) is 128 Å². The highest BCUT2D eigenvalue weighted by Gasteiger charge is 2.16. The van der Waals surface area contributed by atoms with Gasteiger partial charge in [-0.25, -0.2) is 4.79 Å². The first-order valence-electron chi connectivity index (χ1n) is 7.08. The fourth-order valence-corrected chi connectivity index (χ4v) is 2.60. The molecule has 0 saturated heterocycles. The normalized spacial score (nSPS) is 12.4. The number of nitrogens with two attached hydrogens (primary N) is 2. The van der Waals surface area contributed by atoms with Gasteiger partial charge in [0.15, 0.2) is 0 Å². The van der Waals surface area contributed by atoms with E-state index in [1.807, 2.05) is 19.1 Å². The van der Waals surface area contributed by atoms with Crippen molar-refractivity contribution < 1.29 is 14.3 Å². The molecule has 2 aromatic heterocycles. The number of carboxylic acids is 1. The number of carboxylic acid groups (broad SMARTS) is 1. The van der Waals surface area contributed by atoms with E-state index in [1.165, 1.54) is 0 Å². The number of aromatic carboxylic acids is 1. The van der Waals surface area contributed by atoms with Crippen LogP contribution in [0.1, 0.15) is 34.3 Å². The first-order chi connectivity index (χ1) is 11.0. The van der Waals surface area contributed by atoms with Crippen molar-refractivity contribution in [1.82, 2.24) is 9.97 Å². The molecule has 0 aliphatic carbocycles. The summed E-state index contributed by atoms with van der Waals surface area (Å²) in [6.45, 7) is 2.04. The van der Waals surface area contributed by atoms with Crippen LogP contribution in [-0.4, -0.2) is 21.0 Å². The maximum Gasteiger partial charge on any atom is 0.335 e. The number of nitrogens with zero attached hydrogens (tertiary/aromatic N) is 2. The number of hydrogen-bond donors (Lipinski definition) is 3. The van der Waals surface area contributed by atoms with E-state index in [4.69, 9.17) is 21.0 Å². The molecule has 0 radical (unpaired) electrons. The van der Waals surface area contributed by atoms with Gasteiger partial charge in [-0.05, 0) is 30.0 Å². The maximum absolute atomic E-state index is 10.9. The van der Waals surface area contributed by atoms with Gasteiger partial charge in [0.25, 0.3) is 0 Å². The Morgan fingerprint density at radius 3 is 2.61 bits per heavy atom. The predicted molar refractivity (Wildman–Crippen MR) is 86.1 cm³/mol. The van der Waals surface area contributed by atoms with Gasteiger partial charge in [-0.1, -0.05) is 19.1 Å². The van der Waals surface area contributed by atoms with Crippen LogP contribution < -0.4 is 11.5 Å². The Hall–Kier alpha value is -3.09. The molecule has 1 aromatic carbocycles. The van der Waals surface area contributed by atoms with Gasteiger partial charge in [-0.3, -0.25) is 0 Å². The molecule has 1 unspecified atom stereocenters. The van der Waals surface area contributed by atoms with E-state index in [0.717, 1.165) is 11.1 Å². The molecule has 0 aliphatic heterocycles. The zero-order chi connectivity index (χ0) is 16.6. The number of aromatic nitrogens is 2. The van der Waals surface area contributed by atoms with Crippen LogP contribution in [0.25, 0.3) is 11.1 Å². The lowest BCUT2D eigenvalue weighted by molar-refractivity contribution is 0.0697. The van der Waals surface area contributed by atoms with Gasteiger partial charge in [-0.2, -0.15) is 9.97 Å². The minimum atomic E-state index is -0.937. The molecule has 7 heteroatoms. The Labute approximate surface area is 131 Å². The number of fused-ring (bicyclic) bond motifs is 1. The fourth-order valence-electron chi connectivity index (χ4n) is 2.60. The predicted octanol–water partition coefficient (Wildman–Crippen LogP) is 2.43. The van der Waals surface area contributed by atoms with Gasteiger partial charge in [-0.15, -0.1) is 0 Å². The lowest BCUT2D eigenvalue weighted by Crippen LogP contribution is -2.03. The van der Waals surface area contributed by atoms with E-state index >= 15 is 0 Å². The lowest BCUT2D eigenvalue weighted by atomic mass is 9.93. The molecule has 0 spiro atoms. The summed E-state index contributed by atoms with van der Waals surface area (Å²) >= 11 is 0. The standard InChI is InChI=1S/C16H16N4O3/c1-8(9-2-4-10(5-3-9)15(21)22)6-11-7-23-14-12(11)13(17)19-16(18)20-14/h2-5,7-8H,6H2,1H3,(H,21,22)(H4,17,18,19,20). The molecule has 118 valence electrons. The highest BCUT2D eigenvalue weighted by molar-refractivity contribution is 5.89. The maximum atomic E-state index is 10.9. The van der Waals surface area contributed by atoms with Crippen molar-refractivity contribution in [3.63, 3.8) is 0 Å². The number of furan rings is 1. The van der Waals surface area contributed by atoms with E-state index < -0.39 is 5.97 Å². The van der Waals surface area contributed by atoms with Crippen LogP contribution in [0, 0.1) is 0 Å². The molecule has 23 heavy (non-hydrogen) atoms. The number of benzene rings is 1. The number of anilines is 2. The molecule has 0 fully saturated rings. The molecule has 7 nitrogen and oxygen atoms in total. The Morgan fingerprint density at radius 2 is 1.96 bits per heavy atom. The Bertz CT molecular complexity index is 871. The minimum absolute atomic E-state index is 0.0770. The van der Waals surface area contributed by atoms with Gasteiger partial charge in [0.1, 0.15) is 5.82 Å². The molecule has 0 amide bonds. The average Bonchev–Trinajstić information content (AvgIpc) is 2.90. The highest BCUT2D eigenvalue weighted by atomic mass is 16.4. The molecule has 5 N–H and O–H groups in total. The summed E-state index contributed by atoms with van der Waals surface area (Å²) in [6, 6.07) is 6.82. The number of hydrogen-bond acceptors (Lipinski definition) is 6. The number of nitrogen functional groups attached to an aromatic ring is 2. The van der Waals surface area contributed by atoms with Crippen LogP contribution in [0.3, 0.4) is 0 Å². The van der Waals surface area contributed by atoms with Crippen molar-refractivity contribution >= 4 is 28.8 Å². The molecule has 2 heterocycles. The average molecular weight is 312 g/mol. The monoisotopic (exact) mass is 312 g/mol. The molecule has 1 atom stereocenters. The molecule has 3 rings (SSSR count). The van der Waals surface area contributed by atoms with Crippen molar-refractivity contribution in [2.75, 3.05) is 11.5 Å². The van der Waals surface area contributed by atoms with Crippen LogP contribution in [0.5, 0.6) is 0 Å². The van der Waals surface area contributed by atoms with Crippen molar-refractivity contribution in [2.45, 2.75) is 19.3 Å². The number of rotatable bonds is 4. The summed E-state index contributed by atoms with van der Waals surface area (Å²) in [5, 5.41) is 9.62. The van der Waals surface area contributed by atoms with Crippen molar-refractivity contribution in [3.8, 4) is 0 Å². The summed E-state index contributed by atoms with van der Waals surface area (Å²) in [5.74, 6) is -0.416. The molecule has 3 aromatic rings. The SMILES string of the molecule is CC(Cc1coc2nc(N)nc(N)c12)c1ccc(C(=O)O)cc1. The lowest BCUT2D eigenvalue weighted by Gasteiger charge is -2.11. The van der Waals surface area contributed by atoms with Crippen molar-refractivity contribution in [2.24, 2.45) is 0 Å². The van der Waals surface area contributed by atoms with Gasteiger partial charge in [0, 0.05) is 5.56 Å². The Morgan fingerprint density at radius 1 is 1.26 bits per heavy atom. The quantitative estimate of drug-likeness (QED) is 0.674. The van der Waals surface area contributed by atoms with Crippen molar-refractivity contribution in [1.29, 1.82) is 0 Å². The van der Waals surface area contributed by atoms with Gasteiger partial charge in [0.2, 0.25) is 11.7 Å². The molecule has 0 aliphatic rings. The van der Waals surface area contributed by atoms with E-state index in [0.29, 0.717) is 23.3 Å². The van der Waals surface area contributed by atoms with Crippen LogP contribution in [0.4, 0.5) is 11.8 Å². The van der Waals surface area contributed by atoms with Gasteiger partial charge >= 0.3 is 5.97 Å². The first-order valence-corrected chi connectivity index (χ1v) is 7.08. The second-order valence-corrected chi connectivity index (χ2v) is 5.44. The van der Waals surface area contributed by atoms with Crippen LogP contribution in [0.15, 0.2) is 34.9 Å². The third-order valence-corrected chi connectivity index (χ3v) is 3.81. The molecule has 0 bridgehead atoms. The van der Waals surface area contributed by atoms with E-state index in [1.54, 1.807) is 18.4 Å². The molecule has 0 saturated carbocycles. The van der Waals surface area contributed by atoms with Crippen LogP contribution in [-0.2, 0) is 6.42 Å². The smallest absolute Gasteiger partial charge is 0.335 e. The second kappa shape index (κ2) is 5.60. The summed E-state index contributed by atoms with van der Waals surface area (Å²) in [4.78, 5) is 18.9. The number of carbonyl (C=O) groups is 1. The zero-order valence-corrected chi connectivity index (χ0v) is 12.5. The third-order valence-electron chi connectivity index (χ3n) is 3.81. The second-order valence-electron chi connectivity index (χ2n) is 5.44. The fraction of sp³-hybridized carbons (Fsp3) is 0.188. The van der Waals surface area contributed by atoms with Gasteiger partial charge in [0.05, 0.1) is 17.2 Å². The largest absolute Gasteiger partial charge is 0.478 e. The summed E-state index contributed by atoms with van der Waals surface area (Å²) in [7, 11) is 0. The highest BCUT2D eigenvalue weighted by Crippen LogP contribution is 2.29. The minimum Gasteiger partial charge on any atom is -0.478 e. The Balaban J connectivity index is 1.88. The first kappa shape index (κ1) is 14.8. The summed E-state index contributed by atoms with van der Waals surface area (Å²) < 4.78 is 5.41. The van der Waals surface area contributed by atoms with Crippen LogP contribution >= 0.6 is 0 Å². The van der Waals surface area contributed by atoms with Crippen molar-refractivity contribution in [3.05, 3.63) is 47.2 Å². The Kier molecular flexibility index (Phi) is 3.61. The third kappa shape index (κ3) is 2.80. The molecular weight excluding hydrogens is 296 g/mol. The van der Waals surface area contributed by atoms with E-state index in [2.05, 4.69) is 9.97 Å². The van der Waals surface area contributed by atoms with Crippen LogP contribution in [0.2, 0.25) is 0 Å².